The van der Waals surface area contributed by atoms with E-state index in [-0.39, 0.29) is 0 Å². The summed E-state index contributed by atoms with van der Waals surface area (Å²) >= 11 is 0. The van der Waals surface area contributed by atoms with E-state index in [1.807, 2.05) is 30.3 Å². The van der Waals surface area contributed by atoms with Gasteiger partial charge in [0.2, 0.25) is 0 Å². The summed E-state index contributed by atoms with van der Waals surface area (Å²) in [7, 11) is 0. The minimum Gasteiger partial charge on any atom is -0.309 e. The van der Waals surface area contributed by atoms with Crippen molar-refractivity contribution in [2.75, 3.05) is 0 Å². The van der Waals surface area contributed by atoms with Crippen LogP contribution in [0.2, 0.25) is 0 Å². The molecule has 10 aromatic carbocycles. The Labute approximate surface area is 375 Å². The maximum atomic E-state index is 15.3. The summed E-state index contributed by atoms with van der Waals surface area (Å²) in [5.74, 6) is -1.25. The number of hydrogen-bond acceptors (Lipinski definition) is 0. The SMILES string of the molecule is Cc1c(-n2c3ccc(-c4ccccc4)cc3c3cc(-c4ccccc4)ccc32)ccc(-c2cc(F)cc(F)c2)c1-n1c2ccc(-c3ccccc3)cc2c2cc(-c3ccccc3)ccc21. The van der Waals surface area contributed by atoms with Crippen LogP contribution in [-0.2, 0) is 0 Å². The molecule has 0 bridgehead atoms. The van der Waals surface area contributed by atoms with Gasteiger partial charge in [0.1, 0.15) is 11.6 Å². The van der Waals surface area contributed by atoms with E-state index < -0.39 is 11.6 Å². The lowest BCUT2D eigenvalue weighted by Gasteiger charge is -2.21. The van der Waals surface area contributed by atoms with Crippen LogP contribution >= 0.6 is 0 Å². The molecule has 0 aliphatic carbocycles. The topological polar surface area (TPSA) is 9.86 Å². The van der Waals surface area contributed by atoms with Gasteiger partial charge in [-0.2, -0.15) is 0 Å². The predicted octanol–water partition coefficient (Wildman–Crippen LogP) is 16.8. The van der Waals surface area contributed by atoms with Crippen molar-refractivity contribution in [2.45, 2.75) is 6.92 Å². The van der Waals surface area contributed by atoms with E-state index in [2.05, 4.69) is 192 Å². The molecule has 65 heavy (non-hydrogen) atoms. The molecule has 4 heteroatoms. The third-order valence-electron chi connectivity index (χ3n) is 13.0. The smallest absolute Gasteiger partial charge is 0.126 e. The second kappa shape index (κ2) is 15.5. The van der Waals surface area contributed by atoms with Crippen molar-refractivity contribution in [3.63, 3.8) is 0 Å². The van der Waals surface area contributed by atoms with Gasteiger partial charge >= 0.3 is 0 Å². The number of fused-ring (bicyclic) bond motifs is 6. The third-order valence-corrected chi connectivity index (χ3v) is 13.0. The molecule has 0 spiro atoms. The highest BCUT2D eigenvalue weighted by atomic mass is 19.1. The highest BCUT2D eigenvalue weighted by Crippen LogP contribution is 2.44. The van der Waals surface area contributed by atoms with Gasteiger partial charge < -0.3 is 9.13 Å². The Kier molecular flexibility index (Phi) is 9.13. The molecule has 308 valence electrons. The summed E-state index contributed by atoms with van der Waals surface area (Å²) in [6.07, 6.45) is 0. The average Bonchev–Trinajstić information content (AvgIpc) is 3.85. The van der Waals surface area contributed by atoms with Crippen LogP contribution in [0.1, 0.15) is 5.56 Å². The molecule has 0 amide bonds. The number of nitrogens with zero attached hydrogens (tertiary/aromatic N) is 2. The normalized spacial score (nSPS) is 11.6. The molecule has 0 radical (unpaired) electrons. The van der Waals surface area contributed by atoms with E-state index in [4.69, 9.17) is 0 Å². The fourth-order valence-corrected chi connectivity index (χ4v) is 9.95. The van der Waals surface area contributed by atoms with Crippen LogP contribution in [0.15, 0.2) is 224 Å². The highest BCUT2D eigenvalue weighted by Gasteiger charge is 2.24. The molecule has 0 saturated heterocycles. The lowest BCUT2D eigenvalue weighted by Crippen LogP contribution is -2.06. The minimum absolute atomic E-state index is 0.464. The maximum Gasteiger partial charge on any atom is 0.126 e. The zero-order chi connectivity index (χ0) is 43.6. The van der Waals surface area contributed by atoms with Gasteiger partial charge in [-0.15, -0.1) is 0 Å². The summed E-state index contributed by atoms with van der Waals surface area (Å²) in [6.45, 7) is 2.15. The van der Waals surface area contributed by atoms with Crippen LogP contribution in [0.4, 0.5) is 8.78 Å². The Balaban J connectivity index is 1.17. The van der Waals surface area contributed by atoms with E-state index in [0.29, 0.717) is 5.56 Å². The van der Waals surface area contributed by atoms with Gasteiger partial charge in [-0.3, -0.25) is 0 Å². The number of benzene rings is 10. The van der Waals surface area contributed by atoms with E-state index in [9.17, 15) is 0 Å². The number of aromatic nitrogens is 2. The van der Waals surface area contributed by atoms with Gasteiger partial charge in [-0.05, 0) is 129 Å². The molecule has 2 nitrogen and oxygen atoms in total. The first-order valence-corrected chi connectivity index (χ1v) is 22.0. The van der Waals surface area contributed by atoms with Crippen molar-refractivity contribution in [1.29, 1.82) is 0 Å². The van der Waals surface area contributed by atoms with Crippen LogP contribution in [-0.4, -0.2) is 9.13 Å². The second-order valence-electron chi connectivity index (χ2n) is 16.8. The molecule has 12 aromatic rings. The molecule has 0 aliphatic rings. The zero-order valence-corrected chi connectivity index (χ0v) is 35.5. The number of rotatable bonds is 7. The Morgan fingerprint density at radius 1 is 0.292 bits per heavy atom. The van der Waals surface area contributed by atoms with Crippen LogP contribution in [0.3, 0.4) is 0 Å². The highest BCUT2D eigenvalue weighted by molar-refractivity contribution is 6.14. The van der Waals surface area contributed by atoms with Gasteiger partial charge in [0.25, 0.3) is 0 Å². The molecule has 0 N–H and O–H groups in total. The van der Waals surface area contributed by atoms with E-state index in [0.717, 1.165) is 117 Å². The van der Waals surface area contributed by atoms with Crippen LogP contribution in [0, 0.1) is 18.6 Å². The van der Waals surface area contributed by atoms with Crippen molar-refractivity contribution in [1.82, 2.24) is 9.13 Å². The second-order valence-corrected chi connectivity index (χ2v) is 16.8. The summed E-state index contributed by atoms with van der Waals surface area (Å²) < 4.78 is 35.3. The zero-order valence-electron chi connectivity index (χ0n) is 35.5. The minimum atomic E-state index is -0.624. The summed E-state index contributed by atoms with van der Waals surface area (Å²) in [4.78, 5) is 0. The molecular weight excluding hydrogens is 799 g/mol. The largest absolute Gasteiger partial charge is 0.309 e. The fourth-order valence-electron chi connectivity index (χ4n) is 9.95. The average molecular weight is 839 g/mol. The van der Waals surface area contributed by atoms with Crippen molar-refractivity contribution >= 4 is 43.6 Å². The maximum absolute atomic E-state index is 15.3. The van der Waals surface area contributed by atoms with Crippen molar-refractivity contribution in [3.05, 3.63) is 242 Å². The lowest BCUT2D eigenvalue weighted by atomic mass is 9.97. The molecule has 0 atom stereocenters. The van der Waals surface area contributed by atoms with Crippen molar-refractivity contribution in [3.8, 4) is 67.0 Å². The Hall–Kier alpha value is -8.34. The first kappa shape index (κ1) is 38.3. The number of hydrogen-bond donors (Lipinski definition) is 0. The molecule has 2 heterocycles. The summed E-state index contributed by atoms with van der Waals surface area (Å²) in [5.41, 5.74) is 17.1. The quantitative estimate of drug-likeness (QED) is 0.151. The molecule has 12 rings (SSSR count). The van der Waals surface area contributed by atoms with Gasteiger partial charge in [0.05, 0.1) is 33.4 Å². The fraction of sp³-hybridized carbons (Fsp3) is 0.0164. The Morgan fingerprint density at radius 3 is 0.985 bits per heavy atom. The molecule has 0 fully saturated rings. The van der Waals surface area contributed by atoms with E-state index in [1.54, 1.807) is 0 Å². The molecule has 0 unspecified atom stereocenters. The van der Waals surface area contributed by atoms with Crippen LogP contribution in [0.5, 0.6) is 0 Å². The van der Waals surface area contributed by atoms with E-state index >= 15 is 8.78 Å². The number of halogens is 2. The molecule has 0 aliphatic heterocycles. The molecule has 2 aromatic heterocycles. The van der Waals surface area contributed by atoms with Crippen LogP contribution in [0.25, 0.3) is 111 Å². The van der Waals surface area contributed by atoms with Gasteiger partial charge in [0, 0.05) is 33.2 Å². The van der Waals surface area contributed by atoms with Crippen LogP contribution < -0.4 is 0 Å². The first-order chi connectivity index (χ1) is 32.0. The predicted molar refractivity (Wildman–Crippen MR) is 267 cm³/mol. The summed E-state index contributed by atoms with van der Waals surface area (Å²) in [6, 6.07) is 76.6. The van der Waals surface area contributed by atoms with Crippen molar-refractivity contribution < 1.29 is 8.78 Å². The standard InChI is InChI=1S/C61H40F2N2/c1-39-56(64-57-27-22-44(40-14-6-2-7-15-40)34-52(57)53-35-45(23-28-58(53)64)41-16-8-3-9-17-41)31-26-51(48-32-49(62)38-50(63)33-48)61(39)65-59-29-24-46(42-18-10-4-11-19-42)36-54(59)55-37-47(25-30-60(55)65)43-20-12-5-13-21-43/h2-38H,1H3. The first-order valence-electron chi connectivity index (χ1n) is 22.0. The Bertz CT molecular complexity index is 3560. The molecular formula is C61H40F2N2. The van der Waals surface area contributed by atoms with Gasteiger partial charge in [-0.1, -0.05) is 152 Å². The third kappa shape index (κ3) is 6.53. The van der Waals surface area contributed by atoms with Gasteiger partial charge in [-0.25, -0.2) is 8.78 Å². The van der Waals surface area contributed by atoms with E-state index in [1.165, 1.54) is 12.1 Å². The van der Waals surface area contributed by atoms with Crippen molar-refractivity contribution in [2.24, 2.45) is 0 Å². The Morgan fingerprint density at radius 2 is 0.631 bits per heavy atom. The van der Waals surface area contributed by atoms with Gasteiger partial charge in [0.15, 0.2) is 0 Å². The molecule has 0 saturated carbocycles. The summed E-state index contributed by atoms with van der Waals surface area (Å²) in [5, 5.41) is 4.43. The lowest BCUT2D eigenvalue weighted by molar-refractivity contribution is 0.584. The monoisotopic (exact) mass is 838 g/mol.